The van der Waals surface area contributed by atoms with Crippen molar-refractivity contribution in [2.75, 3.05) is 6.61 Å². The molecule has 102 valence electrons. The van der Waals surface area contributed by atoms with E-state index in [0.29, 0.717) is 0 Å². The molecule has 1 aromatic rings. The Morgan fingerprint density at radius 2 is 2.20 bits per heavy atom. The number of aromatic nitrogens is 2. The minimum atomic E-state index is -1.51. The molecule has 2 radical (unpaired) electrons. The quantitative estimate of drug-likeness (QED) is 0.315. The maximum absolute atomic E-state index is 11.6. The van der Waals surface area contributed by atoms with E-state index in [4.69, 9.17) is 11.2 Å². The zero-order chi connectivity index (χ0) is 13.3. The maximum atomic E-state index is 11.6. The van der Waals surface area contributed by atoms with Crippen molar-refractivity contribution in [1.29, 1.82) is 0 Å². The summed E-state index contributed by atoms with van der Waals surface area (Å²) in [5, 5.41) is 19.0. The van der Waals surface area contributed by atoms with Gasteiger partial charge in [0.15, 0.2) is 5.60 Å². The molecule has 0 amide bonds. The molecular formula is C11H12Ac2N2O5. The predicted octanol–water partition coefficient (Wildman–Crippen LogP) is -1.82. The summed E-state index contributed by atoms with van der Waals surface area (Å²) in [6.07, 6.45) is 4.62. The minimum absolute atomic E-state index is 0. The summed E-state index contributed by atoms with van der Waals surface area (Å²) in [6.45, 7) is -0.556. The van der Waals surface area contributed by atoms with Crippen LogP contribution in [0.5, 0.6) is 0 Å². The van der Waals surface area contributed by atoms with E-state index in [9.17, 15) is 19.8 Å². The van der Waals surface area contributed by atoms with E-state index in [1.807, 2.05) is 0 Å². The minimum Gasteiger partial charge on any atom is -0.392 e. The van der Waals surface area contributed by atoms with Crippen LogP contribution in [0.4, 0.5) is 0 Å². The summed E-state index contributed by atoms with van der Waals surface area (Å²) in [7, 11) is 0. The maximum Gasteiger partial charge on any atom is 0.330 e. The molecule has 0 aromatic carbocycles. The van der Waals surface area contributed by atoms with Crippen LogP contribution < -0.4 is 11.2 Å². The first-order chi connectivity index (χ1) is 8.52. The van der Waals surface area contributed by atoms with Gasteiger partial charge in [0.05, 0.1) is 6.61 Å². The fraction of sp³-hybridized carbons (Fsp3) is 0.455. The number of H-pyrrole nitrogens is 1. The Balaban J connectivity index is 0.00000180. The Morgan fingerprint density at radius 1 is 1.55 bits per heavy atom. The molecule has 3 N–H and O–H groups in total. The summed E-state index contributed by atoms with van der Waals surface area (Å²) >= 11 is 0. The van der Waals surface area contributed by atoms with Crippen LogP contribution in [0.2, 0.25) is 0 Å². The fourth-order valence-corrected chi connectivity index (χ4v) is 1.89. The largest absolute Gasteiger partial charge is 0.392 e. The molecule has 0 bridgehead atoms. The molecule has 0 saturated carbocycles. The van der Waals surface area contributed by atoms with E-state index in [-0.39, 0.29) is 94.5 Å². The van der Waals surface area contributed by atoms with Crippen molar-refractivity contribution in [3.05, 3.63) is 33.1 Å². The normalized spacial score (nSPS) is 28.1. The van der Waals surface area contributed by atoms with Crippen molar-refractivity contribution in [3.63, 3.8) is 0 Å². The van der Waals surface area contributed by atoms with E-state index >= 15 is 0 Å². The van der Waals surface area contributed by atoms with Gasteiger partial charge in [-0.15, -0.1) is 6.42 Å². The van der Waals surface area contributed by atoms with E-state index in [1.54, 1.807) is 0 Å². The predicted molar refractivity (Wildman–Crippen MR) is 60.7 cm³/mol. The first kappa shape index (κ1) is 21.0. The van der Waals surface area contributed by atoms with E-state index < -0.39 is 35.8 Å². The summed E-state index contributed by atoms with van der Waals surface area (Å²) in [4.78, 5) is 24.6. The zero-order valence-corrected chi connectivity index (χ0v) is 20.0. The summed E-state index contributed by atoms with van der Waals surface area (Å²) < 4.78 is 6.48. The third-order valence-corrected chi connectivity index (χ3v) is 2.95. The number of hydrogen-bond acceptors (Lipinski definition) is 5. The Hall–Kier alpha value is 1.00. The van der Waals surface area contributed by atoms with Gasteiger partial charge in [0.25, 0.3) is 5.56 Å². The molecule has 2 heterocycles. The summed E-state index contributed by atoms with van der Waals surface area (Å²) in [5.74, 6) is 2.20. The van der Waals surface area contributed by atoms with Crippen molar-refractivity contribution in [3.8, 4) is 12.3 Å². The first-order valence-electron chi connectivity index (χ1n) is 5.28. The molecule has 0 spiro atoms. The molecule has 0 aliphatic carbocycles. The third kappa shape index (κ3) is 4.05. The number of nitrogens with one attached hydrogen (secondary N) is 1. The van der Waals surface area contributed by atoms with Gasteiger partial charge in [-0.05, 0) is 0 Å². The second-order valence-corrected chi connectivity index (χ2v) is 4.03. The van der Waals surface area contributed by atoms with Gasteiger partial charge in [-0.2, -0.15) is 0 Å². The van der Waals surface area contributed by atoms with Crippen LogP contribution in [0.1, 0.15) is 12.6 Å². The zero-order valence-electron chi connectivity index (χ0n) is 10.5. The molecule has 1 saturated heterocycles. The molecular weight excluding hydrogens is 694 g/mol. The van der Waals surface area contributed by atoms with E-state index in [2.05, 4.69) is 10.9 Å². The van der Waals surface area contributed by atoms with Gasteiger partial charge in [0, 0.05) is 107 Å². The first-order valence-corrected chi connectivity index (χ1v) is 5.28. The van der Waals surface area contributed by atoms with Crippen molar-refractivity contribution >= 4 is 0 Å². The second kappa shape index (κ2) is 8.59. The smallest absolute Gasteiger partial charge is 0.330 e. The molecule has 1 unspecified atom stereocenters. The molecule has 1 aliphatic heterocycles. The average molecular weight is 706 g/mol. The van der Waals surface area contributed by atoms with Crippen LogP contribution in [0, 0.1) is 100 Å². The monoisotopic (exact) mass is 706 g/mol. The van der Waals surface area contributed by atoms with Gasteiger partial charge >= 0.3 is 5.69 Å². The van der Waals surface area contributed by atoms with Crippen molar-refractivity contribution in [2.45, 2.75) is 24.4 Å². The third-order valence-electron chi connectivity index (χ3n) is 2.95. The van der Waals surface area contributed by atoms with Crippen LogP contribution in [0.15, 0.2) is 21.9 Å². The molecule has 1 aromatic heterocycles. The number of rotatable bonds is 2. The molecule has 3 atom stereocenters. The van der Waals surface area contributed by atoms with Gasteiger partial charge in [-0.1, -0.05) is 5.92 Å². The van der Waals surface area contributed by atoms with Crippen LogP contribution in [-0.4, -0.2) is 38.1 Å². The summed E-state index contributed by atoms with van der Waals surface area (Å²) in [6, 6.07) is 1.16. The second-order valence-electron chi connectivity index (χ2n) is 4.03. The van der Waals surface area contributed by atoms with Crippen molar-refractivity contribution < 1.29 is 103 Å². The Labute approximate surface area is 186 Å². The van der Waals surface area contributed by atoms with Crippen molar-refractivity contribution in [2.24, 2.45) is 0 Å². The molecule has 7 nitrogen and oxygen atoms in total. The van der Waals surface area contributed by atoms with Crippen LogP contribution >= 0.6 is 0 Å². The number of aromatic amines is 1. The molecule has 1 aliphatic rings. The van der Waals surface area contributed by atoms with Gasteiger partial charge in [-0.3, -0.25) is 14.3 Å². The molecule has 9 heteroatoms. The SMILES string of the molecule is C#C[C@]1(CO)O[C@@H](n2ccc(=O)[nH]c2=O)CC1O.[Ac].[Ac]. The molecule has 1 fully saturated rings. The van der Waals surface area contributed by atoms with E-state index in [1.165, 1.54) is 6.20 Å². The van der Waals surface area contributed by atoms with Gasteiger partial charge in [0.2, 0.25) is 0 Å². The van der Waals surface area contributed by atoms with E-state index in [0.717, 1.165) is 10.6 Å². The number of ether oxygens (including phenoxy) is 1. The standard InChI is InChI=1S/C11H12N2O5.2Ac/c1-2-11(6-14)7(15)5-9(18-11)13-4-3-8(16)12-10(13)17;;/h1,3-4,7,9,14-15H,5-6H2,(H,12,16,17);;/t7?,9-,11-;;/m1../s1. The van der Waals surface area contributed by atoms with Crippen LogP contribution in [0.25, 0.3) is 0 Å². The topological polar surface area (TPSA) is 105 Å². The Kier molecular flexibility index (Phi) is 9.02. The average Bonchev–Trinajstić information content (AvgIpc) is 2.67. The Morgan fingerprint density at radius 3 is 2.65 bits per heavy atom. The number of nitrogens with zero attached hydrogens (tertiary/aromatic N) is 1. The Bertz CT molecular complexity index is 608. The van der Waals surface area contributed by atoms with Crippen molar-refractivity contribution in [1.82, 2.24) is 9.55 Å². The fourth-order valence-electron chi connectivity index (χ4n) is 1.89. The molecule has 2 rings (SSSR count). The number of terminal acetylenes is 1. The summed E-state index contributed by atoms with van der Waals surface area (Å²) in [5.41, 5.74) is -2.70. The number of aliphatic hydroxyl groups excluding tert-OH is 2. The van der Waals surface area contributed by atoms with Crippen LogP contribution in [0.3, 0.4) is 0 Å². The van der Waals surface area contributed by atoms with Gasteiger partial charge in [0.1, 0.15) is 12.3 Å². The van der Waals surface area contributed by atoms with Gasteiger partial charge in [-0.25, -0.2) is 4.79 Å². The number of hydrogen-bond donors (Lipinski definition) is 3. The molecule has 20 heavy (non-hydrogen) atoms. The van der Waals surface area contributed by atoms with Crippen LogP contribution in [-0.2, 0) is 4.74 Å². The van der Waals surface area contributed by atoms with Gasteiger partial charge < -0.3 is 14.9 Å². The number of aliphatic hydroxyl groups is 2.